The molecule has 0 radical (unpaired) electrons. The molecule has 2 aromatic rings. The maximum absolute atomic E-state index is 11.5. The molecule has 7 nitrogen and oxygen atoms in total. The summed E-state index contributed by atoms with van der Waals surface area (Å²) < 4.78 is 0. The van der Waals surface area contributed by atoms with Crippen LogP contribution in [-0.2, 0) is 4.79 Å². The van der Waals surface area contributed by atoms with Crippen LogP contribution in [0.4, 0.5) is 10.5 Å². The molecule has 1 aliphatic heterocycles. The first-order chi connectivity index (χ1) is 9.54. The summed E-state index contributed by atoms with van der Waals surface area (Å²) in [5.74, 6) is -0.459. The molecular weight excluding hydrogens is 282 g/mol. The van der Waals surface area contributed by atoms with Crippen molar-refractivity contribution in [1.29, 1.82) is 0 Å². The molecule has 0 atom stereocenters. The predicted molar refractivity (Wildman–Crippen MR) is 74.1 cm³/mol. The minimum Gasteiger partial charge on any atom is -0.361 e. The molecule has 0 unspecified atom stereocenters. The van der Waals surface area contributed by atoms with Gasteiger partial charge in [0.2, 0.25) is 0 Å². The molecule has 1 fully saturated rings. The highest BCUT2D eigenvalue weighted by molar-refractivity contribution is 8.18. The van der Waals surface area contributed by atoms with E-state index in [0.717, 1.165) is 17.3 Å². The summed E-state index contributed by atoms with van der Waals surface area (Å²) in [5.41, 5.74) is 1.31. The van der Waals surface area contributed by atoms with Crippen LogP contribution in [0.25, 0.3) is 17.0 Å². The summed E-state index contributed by atoms with van der Waals surface area (Å²) in [7, 11) is 0. The number of H-pyrrole nitrogens is 1. The quantitative estimate of drug-likeness (QED) is 0.501. The third-order valence-electron chi connectivity index (χ3n) is 2.84. The Morgan fingerprint density at radius 2 is 2.10 bits per heavy atom. The summed E-state index contributed by atoms with van der Waals surface area (Å²) in [6, 6.07) is 4.43. The van der Waals surface area contributed by atoms with Gasteiger partial charge in [-0.15, -0.1) is 0 Å². The Hall–Kier alpha value is -2.61. The van der Waals surface area contributed by atoms with Crippen molar-refractivity contribution in [3.8, 4) is 0 Å². The van der Waals surface area contributed by atoms with E-state index in [-0.39, 0.29) is 10.6 Å². The number of imide groups is 1. The van der Waals surface area contributed by atoms with Crippen LogP contribution in [0.1, 0.15) is 5.56 Å². The lowest BCUT2D eigenvalue weighted by Crippen LogP contribution is -2.17. The van der Waals surface area contributed by atoms with Crippen molar-refractivity contribution < 1.29 is 14.5 Å². The van der Waals surface area contributed by atoms with Gasteiger partial charge in [0.15, 0.2) is 0 Å². The van der Waals surface area contributed by atoms with Gasteiger partial charge in [-0.2, -0.15) is 0 Å². The molecule has 2 N–H and O–H groups in total. The second kappa shape index (κ2) is 4.49. The van der Waals surface area contributed by atoms with Crippen LogP contribution in [0.3, 0.4) is 0 Å². The molecule has 3 rings (SSSR count). The molecule has 0 saturated carbocycles. The standard InChI is InChI=1S/C12H7N3O4S/c16-11-10(20-12(17)14-11)3-6-5-13-9-2-1-7(15(18)19)4-8(6)9/h1-5,13H,(H,14,16,17)/b10-3+. The number of benzene rings is 1. The van der Waals surface area contributed by atoms with Crippen molar-refractivity contribution in [1.82, 2.24) is 10.3 Å². The van der Waals surface area contributed by atoms with Crippen LogP contribution in [0.2, 0.25) is 0 Å². The number of hydrogen-bond acceptors (Lipinski definition) is 5. The van der Waals surface area contributed by atoms with Crippen LogP contribution in [0, 0.1) is 10.1 Å². The number of fused-ring (bicyclic) bond motifs is 1. The van der Waals surface area contributed by atoms with Crippen molar-refractivity contribution in [2.45, 2.75) is 0 Å². The van der Waals surface area contributed by atoms with Gasteiger partial charge in [-0.1, -0.05) is 0 Å². The normalized spacial score (nSPS) is 16.9. The van der Waals surface area contributed by atoms with E-state index >= 15 is 0 Å². The Balaban J connectivity index is 2.10. The Labute approximate surface area is 116 Å². The Kier molecular flexibility index (Phi) is 2.79. The first kappa shape index (κ1) is 12.4. The second-order valence-electron chi connectivity index (χ2n) is 4.08. The third kappa shape index (κ3) is 2.05. The number of aromatic amines is 1. The van der Waals surface area contributed by atoms with Crippen molar-refractivity contribution in [2.75, 3.05) is 0 Å². The van der Waals surface area contributed by atoms with Gasteiger partial charge in [0.25, 0.3) is 16.8 Å². The number of carbonyl (C=O) groups excluding carboxylic acids is 2. The van der Waals surface area contributed by atoms with Gasteiger partial charge in [-0.3, -0.25) is 25.0 Å². The number of nitrogens with zero attached hydrogens (tertiary/aromatic N) is 1. The Bertz CT molecular complexity index is 793. The summed E-state index contributed by atoms with van der Waals surface area (Å²) in [5, 5.41) is 13.1. The van der Waals surface area contributed by atoms with E-state index in [4.69, 9.17) is 0 Å². The van der Waals surface area contributed by atoms with Gasteiger partial charge >= 0.3 is 0 Å². The smallest absolute Gasteiger partial charge is 0.290 e. The SMILES string of the molecule is O=C1NC(=O)/C(=C\c2c[nH]c3ccc([N+](=O)[O-])cc23)S1. The van der Waals surface area contributed by atoms with E-state index in [2.05, 4.69) is 10.3 Å². The largest absolute Gasteiger partial charge is 0.361 e. The molecule has 0 spiro atoms. The fourth-order valence-electron chi connectivity index (χ4n) is 1.93. The van der Waals surface area contributed by atoms with Crippen LogP contribution in [0.15, 0.2) is 29.3 Å². The number of hydrogen-bond donors (Lipinski definition) is 2. The van der Waals surface area contributed by atoms with E-state index in [1.807, 2.05) is 0 Å². The van der Waals surface area contributed by atoms with Crippen LogP contribution in [0.5, 0.6) is 0 Å². The third-order valence-corrected chi connectivity index (χ3v) is 3.65. The number of thioether (sulfide) groups is 1. The number of amides is 2. The van der Waals surface area contributed by atoms with E-state index in [1.54, 1.807) is 12.3 Å². The zero-order valence-electron chi connectivity index (χ0n) is 9.88. The molecule has 0 bridgehead atoms. The number of nitro benzene ring substituents is 1. The molecule has 1 aromatic heterocycles. The van der Waals surface area contributed by atoms with Crippen LogP contribution in [-0.4, -0.2) is 21.1 Å². The number of nitro groups is 1. The minimum atomic E-state index is -0.482. The monoisotopic (exact) mass is 289 g/mol. The summed E-state index contributed by atoms with van der Waals surface area (Å²) in [6.07, 6.45) is 3.17. The molecule has 1 saturated heterocycles. The number of non-ortho nitro benzene ring substituents is 1. The van der Waals surface area contributed by atoms with Crippen molar-refractivity contribution >= 4 is 45.6 Å². The summed E-state index contributed by atoms with van der Waals surface area (Å²) >= 11 is 0.805. The van der Waals surface area contributed by atoms with Crippen LogP contribution >= 0.6 is 11.8 Å². The zero-order valence-corrected chi connectivity index (χ0v) is 10.7. The van der Waals surface area contributed by atoms with Crippen LogP contribution < -0.4 is 5.32 Å². The minimum absolute atomic E-state index is 0.0312. The Morgan fingerprint density at radius 1 is 1.30 bits per heavy atom. The fourth-order valence-corrected chi connectivity index (χ4v) is 2.60. The first-order valence-electron chi connectivity index (χ1n) is 5.55. The highest BCUT2D eigenvalue weighted by atomic mass is 32.2. The highest BCUT2D eigenvalue weighted by Gasteiger charge is 2.25. The van der Waals surface area contributed by atoms with E-state index < -0.39 is 16.1 Å². The molecule has 20 heavy (non-hydrogen) atoms. The average Bonchev–Trinajstić information content (AvgIpc) is 2.93. The van der Waals surface area contributed by atoms with Gasteiger partial charge in [-0.25, -0.2) is 0 Å². The molecule has 1 aromatic carbocycles. The van der Waals surface area contributed by atoms with Crippen molar-refractivity contribution in [2.24, 2.45) is 0 Å². The van der Waals surface area contributed by atoms with Gasteiger partial charge < -0.3 is 4.98 Å². The molecule has 100 valence electrons. The van der Waals surface area contributed by atoms with Gasteiger partial charge in [0.05, 0.1) is 9.83 Å². The number of carbonyl (C=O) groups is 2. The first-order valence-corrected chi connectivity index (χ1v) is 6.36. The van der Waals surface area contributed by atoms with E-state index in [9.17, 15) is 19.7 Å². The lowest BCUT2D eigenvalue weighted by atomic mass is 10.1. The average molecular weight is 289 g/mol. The summed E-state index contributed by atoms with van der Waals surface area (Å²) in [6.45, 7) is 0. The second-order valence-corrected chi connectivity index (χ2v) is 5.10. The van der Waals surface area contributed by atoms with E-state index in [1.165, 1.54) is 18.2 Å². The Morgan fingerprint density at radius 3 is 2.75 bits per heavy atom. The number of rotatable bonds is 2. The van der Waals surface area contributed by atoms with Crippen molar-refractivity contribution in [3.05, 3.63) is 45.0 Å². The fraction of sp³-hybridized carbons (Fsp3) is 0. The number of nitrogens with one attached hydrogen (secondary N) is 2. The van der Waals surface area contributed by atoms with Crippen molar-refractivity contribution in [3.63, 3.8) is 0 Å². The molecule has 2 heterocycles. The topological polar surface area (TPSA) is 105 Å². The maximum atomic E-state index is 11.5. The number of aromatic nitrogens is 1. The van der Waals surface area contributed by atoms with Gasteiger partial charge in [0.1, 0.15) is 0 Å². The maximum Gasteiger partial charge on any atom is 0.290 e. The van der Waals surface area contributed by atoms with E-state index in [0.29, 0.717) is 10.9 Å². The lowest BCUT2D eigenvalue weighted by molar-refractivity contribution is -0.384. The van der Waals surface area contributed by atoms with Gasteiger partial charge in [-0.05, 0) is 23.9 Å². The molecule has 1 aliphatic rings. The summed E-state index contributed by atoms with van der Waals surface area (Å²) in [4.78, 5) is 36.1. The highest BCUT2D eigenvalue weighted by Crippen LogP contribution is 2.29. The predicted octanol–water partition coefficient (Wildman–Crippen LogP) is 2.40. The molecular formula is C12H7N3O4S. The lowest BCUT2D eigenvalue weighted by Gasteiger charge is -1.95. The van der Waals surface area contributed by atoms with Gasteiger partial charge in [0, 0.05) is 34.8 Å². The molecule has 0 aliphatic carbocycles. The molecule has 8 heteroatoms. The zero-order chi connectivity index (χ0) is 14.3. The molecule has 2 amide bonds.